The molecule has 1 aromatic rings. The van der Waals surface area contributed by atoms with Crippen molar-refractivity contribution in [1.82, 2.24) is 14.4 Å². The Morgan fingerprint density at radius 3 is 2.86 bits per heavy atom. The molecule has 0 unspecified atom stereocenters. The van der Waals surface area contributed by atoms with Gasteiger partial charge in [0, 0.05) is 7.11 Å². The maximum absolute atomic E-state index is 11.1. The van der Waals surface area contributed by atoms with Gasteiger partial charge in [-0.1, -0.05) is 5.21 Å². The SMILES string of the molecule is COC[C@H](O)c1cnnn1S(C)(=O)=O. The number of aliphatic hydroxyl groups excluding tert-OH is 1. The van der Waals surface area contributed by atoms with Gasteiger partial charge in [-0.05, 0) is 0 Å². The first-order chi connectivity index (χ1) is 6.46. The summed E-state index contributed by atoms with van der Waals surface area (Å²) in [5.41, 5.74) is 0.0920. The zero-order valence-corrected chi connectivity index (χ0v) is 8.60. The number of ether oxygens (including phenoxy) is 1. The molecule has 80 valence electrons. The Labute approximate surface area is 81.4 Å². The van der Waals surface area contributed by atoms with Crippen LogP contribution in [0.5, 0.6) is 0 Å². The Morgan fingerprint density at radius 1 is 1.71 bits per heavy atom. The molecular formula is C6H11N3O4S. The third-order valence-corrected chi connectivity index (χ3v) is 2.44. The van der Waals surface area contributed by atoms with Gasteiger partial charge in [0.25, 0.3) is 10.0 Å². The first-order valence-electron chi connectivity index (χ1n) is 3.75. The maximum Gasteiger partial charge on any atom is 0.252 e. The van der Waals surface area contributed by atoms with Crippen LogP contribution in [0.4, 0.5) is 0 Å². The molecule has 1 heterocycles. The lowest BCUT2D eigenvalue weighted by Gasteiger charge is -2.09. The van der Waals surface area contributed by atoms with Crippen LogP contribution in [0.1, 0.15) is 11.8 Å². The highest BCUT2D eigenvalue weighted by molar-refractivity contribution is 7.89. The molecule has 0 aliphatic heterocycles. The predicted molar refractivity (Wildman–Crippen MR) is 47.1 cm³/mol. The van der Waals surface area contributed by atoms with Gasteiger partial charge in [0.2, 0.25) is 0 Å². The van der Waals surface area contributed by atoms with E-state index < -0.39 is 16.1 Å². The van der Waals surface area contributed by atoms with E-state index in [1.54, 1.807) is 0 Å². The molecule has 0 saturated heterocycles. The summed E-state index contributed by atoms with van der Waals surface area (Å²) in [7, 11) is -2.13. The van der Waals surface area contributed by atoms with Crippen LogP contribution in [0.2, 0.25) is 0 Å². The van der Waals surface area contributed by atoms with Gasteiger partial charge in [-0.25, -0.2) is 8.42 Å². The minimum absolute atomic E-state index is 0.0110. The van der Waals surface area contributed by atoms with Gasteiger partial charge in [0.1, 0.15) is 11.8 Å². The molecule has 0 fully saturated rings. The van der Waals surface area contributed by atoms with Crippen molar-refractivity contribution >= 4 is 10.0 Å². The number of methoxy groups -OCH3 is 1. The summed E-state index contributed by atoms with van der Waals surface area (Å²) in [6.07, 6.45) is 1.11. The van der Waals surface area contributed by atoms with Crippen molar-refractivity contribution < 1.29 is 18.3 Å². The van der Waals surface area contributed by atoms with Crippen molar-refractivity contribution in [3.05, 3.63) is 11.9 Å². The Hall–Kier alpha value is -0.990. The van der Waals surface area contributed by atoms with Crippen LogP contribution in [0, 0.1) is 0 Å². The molecule has 0 spiro atoms. The molecule has 0 aliphatic rings. The third-order valence-electron chi connectivity index (χ3n) is 1.52. The van der Waals surface area contributed by atoms with Crippen LogP contribution in [-0.2, 0) is 14.8 Å². The van der Waals surface area contributed by atoms with Gasteiger partial charge in [-0.3, -0.25) is 0 Å². The standard InChI is InChI=1S/C6H11N3O4S/c1-13-4-6(10)5-3-7-8-9(5)14(2,11)12/h3,6,10H,4H2,1-2H3/t6-/m0/s1. The van der Waals surface area contributed by atoms with Gasteiger partial charge < -0.3 is 9.84 Å². The largest absolute Gasteiger partial charge is 0.384 e. The molecular weight excluding hydrogens is 210 g/mol. The minimum atomic E-state index is -3.53. The van der Waals surface area contributed by atoms with Gasteiger partial charge in [-0.2, -0.15) is 0 Å². The van der Waals surface area contributed by atoms with Gasteiger partial charge >= 0.3 is 0 Å². The van der Waals surface area contributed by atoms with E-state index >= 15 is 0 Å². The molecule has 1 rings (SSSR count). The molecule has 1 N–H and O–H groups in total. The van der Waals surface area contributed by atoms with Crippen LogP contribution >= 0.6 is 0 Å². The first kappa shape index (κ1) is 11.1. The van der Waals surface area contributed by atoms with Crippen LogP contribution in [0.25, 0.3) is 0 Å². The molecule has 0 bridgehead atoms. The summed E-state index contributed by atoms with van der Waals surface area (Å²) in [6.45, 7) is -0.0110. The molecule has 14 heavy (non-hydrogen) atoms. The number of aromatic nitrogens is 3. The van der Waals surface area contributed by atoms with Gasteiger partial charge in [0.05, 0.1) is 19.1 Å². The van der Waals surface area contributed by atoms with E-state index in [1.165, 1.54) is 13.3 Å². The second-order valence-corrected chi connectivity index (χ2v) is 4.55. The third kappa shape index (κ3) is 2.28. The summed E-state index contributed by atoms with van der Waals surface area (Å²) < 4.78 is 27.6. The average molecular weight is 221 g/mol. The second-order valence-electron chi connectivity index (χ2n) is 2.74. The Balaban J connectivity index is 3.05. The van der Waals surface area contributed by atoms with Crippen molar-refractivity contribution in [3.8, 4) is 0 Å². The monoisotopic (exact) mass is 221 g/mol. The van der Waals surface area contributed by atoms with Crippen LogP contribution < -0.4 is 0 Å². The highest BCUT2D eigenvalue weighted by Gasteiger charge is 2.19. The summed E-state index contributed by atoms with van der Waals surface area (Å²) in [4.78, 5) is 0. The van der Waals surface area contributed by atoms with E-state index in [0.29, 0.717) is 4.09 Å². The fourth-order valence-corrected chi connectivity index (χ4v) is 1.67. The smallest absolute Gasteiger partial charge is 0.252 e. The normalized spacial score (nSPS) is 14.2. The molecule has 7 nitrogen and oxygen atoms in total. The summed E-state index contributed by atoms with van der Waals surface area (Å²) >= 11 is 0. The minimum Gasteiger partial charge on any atom is -0.384 e. The molecule has 8 heteroatoms. The fraction of sp³-hybridized carbons (Fsp3) is 0.667. The van der Waals surface area contributed by atoms with Gasteiger partial charge in [0.15, 0.2) is 0 Å². The number of aliphatic hydroxyl groups is 1. The van der Waals surface area contributed by atoms with Gasteiger partial charge in [-0.15, -0.1) is 9.19 Å². The maximum atomic E-state index is 11.1. The number of hydrogen-bond acceptors (Lipinski definition) is 6. The Kier molecular flexibility index (Phi) is 3.19. The lowest BCUT2D eigenvalue weighted by molar-refractivity contribution is 0.0608. The summed E-state index contributed by atoms with van der Waals surface area (Å²) in [5, 5.41) is 16.2. The van der Waals surface area contributed by atoms with E-state index in [4.69, 9.17) is 0 Å². The lowest BCUT2D eigenvalue weighted by Crippen LogP contribution is -2.19. The van der Waals surface area contributed by atoms with E-state index in [-0.39, 0.29) is 12.3 Å². The number of hydrogen-bond donors (Lipinski definition) is 1. The molecule has 0 aromatic carbocycles. The molecule has 0 saturated carbocycles. The van der Waals surface area contributed by atoms with E-state index in [9.17, 15) is 13.5 Å². The number of rotatable bonds is 4. The van der Waals surface area contributed by atoms with Crippen molar-refractivity contribution in [2.24, 2.45) is 0 Å². The van der Waals surface area contributed by atoms with E-state index in [2.05, 4.69) is 15.0 Å². The molecule has 0 amide bonds. The van der Waals surface area contributed by atoms with Crippen LogP contribution in [-0.4, -0.2) is 47.9 Å². The average Bonchev–Trinajstić information content (AvgIpc) is 2.50. The zero-order valence-electron chi connectivity index (χ0n) is 7.78. The van der Waals surface area contributed by atoms with Crippen molar-refractivity contribution in [2.45, 2.75) is 6.10 Å². The molecule has 0 radical (unpaired) electrons. The van der Waals surface area contributed by atoms with E-state index in [0.717, 1.165) is 6.26 Å². The van der Waals surface area contributed by atoms with Crippen molar-refractivity contribution in [1.29, 1.82) is 0 Å². The predicted octanol–water partition coefficient (Wildman–Crippen LogP) is -1.23. The zero-order chi connectivity index (χ0) is 10.8. The first-order valence-corrected chi connectivity index (χ1v) is 5.59. The molecule has 1 aromatic heterocycles. The lowest BCUT2D eigenvalue weighted by atomic mass is 10.3. The Bertz CT molecular complexity index is 399. The van der Waals surface area contributed by atoms with Crippen molar-refractivity contribution in [3.63, 3.8) is 0 Å². The summed E-state index contributed by atoms with van der Waals surface area (Å²) in [5.74, 6) is 0. The number of nitrogens with zero attached hydrogens (tertiary/aromatic N) is 3. The second kappa shape index (κ2) is 4.03. The highest BCUT2D eigenvalue weighted by atomic mass is 32.2. The molecule has 1 atom stereocenters. The van der Waals surface area contributed by atoms with Crippen LogP contribution in [0.15, 0.2) is 6.20 Å². The molecule has 0 aliphatic carbocycles. The fourth-order valence-electron chi connectivity index (χ4n) is 0.947. The highest BCUT2D eigenvalue weighted by Crippen LogP contribution is 2.12. The van der Waals surface area contributed by atoms with Crippen LogP contribution in [0.3, 0.4) is 0 Å². The Morgan fingerprint density at radius 2 is 2.36 bits per heavy atom. The van der Waals surface area contributed by atoms with Crippen molar-refractivity contribution in [2.75, 3.05) is 20.0 Å². The quantitative estimate of drug-likeness (QED) is 0.683. The topological polar surface area (TPSA) is 94.3 Å². The summed E-state index contributed by atoms with van der Waals surface area (Å²) in [6, 6.07) is 0. The van der Waals surface area contributed by atoms with E-state index in [1.807, 2.05) is 0 Å².